The number of aromatic nitrogens is 1. The molecule has 1 N–H and O–H groups in total. The van der Waals surface area contributed by atoms with Gasteiger partial charge in [-0.1, -0.05) is 32.9 Å². The molecule has 0 unspecified atom stereocenters. The third-order valence-corrected chi connectivity index (χ3v) is 6.37. The predicted molar refractivity (Wildman–Crippen MR) is 131 cm³/mol. The van der Waals surface area contributed by atoms with E-state index in [0.717, 1.165) is 22.6 Å². The summed E-state index contributed by atoms with van der Waals surface area (Å²) in [6.45, 7) is 10.7. The largest absolute Gasteiger partial charge is 0.318 e. The van der Waals surface area contributed by atoms with Gasteiger partial charge in [-0.2, -0.15) is 0 Å². The molecular formula is C26H26FN3OS. The Morgan fingerprint density at radius 1 is 1.03 bits per heavy atom. The lowest BCUT2D eigenvalue weighted by atomic mass is 9.87. The Morgan fingerprint density at radius 2 is 1.69 bits per heavy atom. The van der Waals surface area contributed by atoms with Crippen LogP contribution >= 0.6 is 11.8 Å². The molecule has 1 aliphatic heterocycles. The van der Waals surface area contributed by atoms with Crippen LogP contribution in [-0.4, -0.2) is 15.6 Å². The Balaban J connectivity index is 1.61. The topological polar surface area (TPSA) is 46.4 Å². The van der Waals surface area contributed by atoms with Crippen LogP contribution in [0.15, 0.2) is 64.5 Å². The van der Waals surface area contributed by atoms with Gasteiger partial charge >= 0.3 is 0 Å². The maximum absolute atomic E-state index is 13.1. The van der Waals surface area contributed by atoms with Gasteiger partial charge in [-0.3, -0.25) is 4.79 Å². The van der Waals surface area contributed by atoms with Gasteiger partial charge in [0.2, 0.25) is 0 Å². The van der Waals surface area contributed by atoms with Crippen LogP contribution in [0.25, 0.3) is 11.8 Å². The van der Waals surface area contributed by atoms with Gasteiger partial charge in [0.25, 0.3) is 5.91 Å². The van der Waals surface area contributed by atoms with Gasteiger partial charge < -0.3 is 9.88 Å². The van der Waals surface area contributed by atoms with Gasteiger partial charge in [0, 0.05) is 17.1 Å². The first-order chi connectivity index (χ1) is 15.1. The third kappa shape index (κ3) is 4.55. The lowest BCUT2D eigenvalue weighted by Crippen LogP contribution is -2.19. The first kappa shape index (κ1) is 22.1. The van der Waals surface area contributed by atoms with Crippen LogP contribution in [0, 0.1) is 19.7 Å². The van der Waals surface area contributed by atoms with Crippen LogP contribution in [0.1, 0.15) is 43.3 Å². The van der Waals surface area contributed by atoms with E-state index in [1.54, 1.807) is 12.1 Å². The molecule has 0 saturated carbocycles. The van der Waals surface area contributed by atoms with E-state index in [0.29, 0.717) is 15.8 Å². The number of amidine groups is 1. The summed E-state index contributed by atoms with van der Waals surface area (Å²) in [4.78, 5) is 17.5. The molecule has 32 heavy (non-hydrogen) atoms. The van der Waals surface area contributed by atoms with Crippen molar-refractivity contribution in [3.8, 4) is 5.69 Å². The Kier molecular flexibility index (Phi) is 5.82. The van der Waals surface area contributed by atoms with Crippen molar-refractivity contribution in [1.29, 1.82) is 0 Å². The molecule has 2 heterocycles. The molecule has 1 aromatic heterocycles. The predicted octanol–water partition coefficient (Wildman–Crippen LogP) is 6.42. The zero-order valence-electron chi connectivity index (χ0n) is 18.9. The lowest BCUT2D eigenvalue weighted by Gasteiger charge is -2.20. The van der Waals surface area contributed by atoms with E-state index in [4.69, 9.17) is 0 Å². The summed E-state index contributed by atoms with van der Waals surface area (Å²) in [6, 6.07) is 16.6. The highest BCUT2D eigenvalue weighted by Crippen LogP contribution is 2.31. The smallest absolute Gasteiger partial charge is 0.264 e. The fourth-order valence-corrected chi connectivity index (χ4v) is 4.53. The van der Waals surface area contributed by atoms with E-state index in [9.17, 15) is 9.18 Å². The molecule has 1 amide bonds. The Labute approximate surface area is 192 Å². The van der Waals surface area contributed by atoms with Gasteiger partial charge in [-0.25, -0.2) is 9.38 Å². The van der Waals surface area contributed by atoms with E-state index < -0.39 is 0 Å². The van der Waals surface area contributed by atoms with Crippen molar-refractivity contribution in [2.45, 2.75) is 40.0 Å². The summed E-state index contributed by atoms with van der Waals surface area (Å²) in [5.41, 5.74) is 6.24. The first-order valence-electron chi connectivity index (χ1n) is 10.5. The van der Waals surface area contributed by atoms with E-state index in [2.05, 4.69) is 79.8 Å². The van der Waals surface area contributed by atoms with Gasteiger partial charge in [-0.05, 0) is 90.7 Å². The number of aliphatic imine (C=N–C) groups is 1. The van der Waals surface area contributed by atoms with E-state index in [1.165, 1.54) is 29.5 Å². The molecule has 4 rings (SSSR count). The molecule has 2 aromatic carbocycles. The second-order valence-electron chi connectivity index (χ2n) is 8.92. The van der Waals surface area contributed by atoms with E-state index >= 15 is 0 Å². The maximum Gasteiger partial charge on any atom is 0.264 e. The van der Waals surface area contributed by atoms with Gasteiger partial charge in [0.1, 0.15) is 5.82 Å². The highest BCUT2D eigenvalue weighted by molar-refractivity contribution is 8.18. The fourth-order valence-electron chi connectivity index (χ4n) is 3.70. The Morgan fingerprint density at radius 3 is 2.31 bits per heavy atom. The van der Waals surface area contributed by atoms with Crippen molar-refractivity contribution in [2.24, 2.45) is 4.99 Å². The van der Waals surface area contributed by atoms with Crippen LogP contribution in [-0.2, 0) is 10.2 Å². The average molecular weight is 448 g/mol. The third-order valence-electron chi connectivity index (χ3n) is 5.46. The molecule has 1 saturated heterocycles. The molecule has 0 radical (unpaired) electrons. The summed E-state index contributed by atoms with van der Waals surface area (Å²) in [7, 11) is 0. The van der Waals surface area contributed by atoms with Crippen molar-refractivity contribution < 1.29 is 9.18 Å². The highest BCUT2D eigenvalue weighted by atomic mass is 32.2. The number of halogens is 1. The molecule has 3 aromatic rings. The lowest BCUT2D eigenvalue weighted by molar-refractivity contribution is -0.115. The van der Waals surface area contributed by atoms with Crippen LogP contribution < -0.4 is 5.32 Å². The van der Waals surface area contributed by atoms with Crippen LogP contribution in [0.3, 0.4) is 0 Å². The van der Waals surface area contributed by atoms with Crippen LogP contribution in [0.4, 0.5) is 10.1 Å². The van der Waals surface area contributed by atoms with Gasteiger partial charge in [-0.15, -0.1) is 0 Å². The number of carbonyl (C=O) groups is 1. The number of benzene rings is 2. The number of carbonyl (C=O) groups excluding carboxylic acids is 1. The average Bonchev–Trinajstić information content (AvgIpc) is 3.21. The number of hydrogen-bond acceptors (Lipinski definition) is 3. The van der Waals surface area contributed by atoms with Crippen molar-refractivity contribution >= 4 is 34.6 Å². The minimum atomic E-state index is -0.318. The quantitative estimate of drug-likeness (QED) is 0.471. The van der Waals surface area contributed by atoms with Crippen molar-refractivity contribution in [3.05, 3.63) is 87.8 Å². The minimum Gasteiger partial charge on any atom is -0.318 e. The number of amides is 1. The molecular weight excluding hydrogens is 421 g/mol. The number of hydrogen-bond donors (Lipinski definition) is 1. The molecule has 0 bridgehead atoms. The molecule has 0 spiro atoms. The van der Waals surface area contributed by atoms with Crippen molar-refractivity contribution in [3.63, 3.8) is 0 Å². The summed E-state index contributed by atoms with van der Waals surface area (Å²) < 4.78 is 15.3. The van der Waals surface area contributed by atoms with Gasteiger partial charge in [0.05, 0.1) is 10.6 Å². The molecule has 164 valence electrons. The zero-order chi connectivity index (χ0) is 23.0. The Bertz CT molecular complexity index is 1230. The SMILES string of the molecule is Cc1cc(/C=C2/SC(=Nc3ccc(F)cc3)NC2=O)c(C)n1-c1ccc(C(C)(C)C)cc1. The molecule has 1 aliphatic rings. The Hall–Kier alpha value is -3.12. The van der Waals surface area contributed by atoms with E-state index in [-0.39, 0.29) is 17.1 Å². The number of thioether (sulfide) groups is 1. The maximum atomic E-state index is 13.1. The standard InChI is InChI=1S/C26H26FN3OS/c1-16-14-18(17(2)30(16)22-12-6-19(7-13-22)26(3,4)5)15-23-24(31)29-25(32-23)28-21-10-8-20(27)9-11-21/h6-15H,1-5H3,(H,28,29,31)/b23-15+. The second-order valence-corrected chi connectivity index (χ2v) is 9.95. The zero-order valence-corrected chi connectivity index (χ0v) is 19.7. The fraction of sp³-hybridized carbons (Fsp3) is 0.231. The number of nitrogens with one attached hydrogen (secondary N) is 1. The molecule has 4 nitrogen and oxygen atoms in total. The van der Waals surface area contributed by atoms with Crippen LogP contribution in [0.2, 0.25) is 0 Å². The van der Waals surface area contributed by atoms with Crippen LogP contribution in [0.5, 0.6) is 0 Å². The summed E-state index contributed by atoms with van der Waals surface area (Å²) in [6.07, 6.45) is 1.90. The summed E-state index contributed by atoms with van der Waals surface area (Å²) in [5.74, 6) is -0.503. The highest BCUT2D eigenvalue weighted by Gasteiger charge is 2.24. The monoisotopic (exact) mass is 447 g/mol. The van der Waals surface area contributed by atoms with Gasteiger partial charge in [0.15, 0.2) is 5.17 Å². The molecule has 0 aliphatic carbocycles. The number of rotatable bonds is 3. The van der Waals surface area contributed by atoms with Crippen molar-refractivity contribution in [1.82, 2.24) is 9.88 Å². The molecule has 1 fully saturated rings. The summed E-state index contributed by atoms with van der Waals surface area (Å²) in [5, 5.41) is 3.27. The van der Waals surface area contributed by atoms with Crippen molar-refractivity contribution in [2.75, 3.05) is 0 Å². The summed E-state index contributed by atoms with van der Waals surface area (Å²) >= 11 is 1.28. The minimum absolute atomic E-state index is 0.106. The normalized spacial score (nSPS) is 16.8. The molecule has 0 atom stereocenters. The number of nitrogens with zero attached hydrogens (tertiary/aromatic N) is 2. The first-order valence-corrected chi connectivity index (χ1v) is 11.3. The van der Waals surface area contributed by atoms with E-state index in [1.807, 2.05) is 6.08 Å². The number of aryl methyl sites for hydroxylation is 1. The molecule has 6 heteroatoms. The second kappa shape index (κ2) is 8.43.